The third-order valence-corrected chi connectivity index (χ3v) is 3.89. The number of nitrogens with one attached hydrogen (secondary N) is 1. The number of alkyl halides is 3. The van der Waals surface area contributed by atoms with Gasteiger partial charge in [-0.2, -0.15) is 13.2 Å². The number of rotatable bonds is 6. The Hall–Kier alpha value is -1.96. The fraction of sp³-hybridized carbons (Fsp3) is 0.562. The monoisotopic (exact) mass is 346 g/mol. The summed E-state index contributed by atoms with van der Waals surface area (Å²) in [4.78, 5) is 13.7. The molecule has 1 atom stereocenters. The van der Waals surface area contributed by atoms with Gasteiger partial charge in [-0.15, -0.1) is 0 Å². The van der Waals surface area contributed by atoms with Gasteiger partial charge in [0.2, 0.25) is 0 Å². The van der Waals surface area contributed by atoms with Crippen LogP contribution in [0.4, 0.5) is 18.0 Å². The molecule has 1 amide bonds. The maximum absolute atomic E-state index is 12.1. The Morgan fingerprint density at radius 2 is 1.88 bits per heavy atom. The molecule has 5 nitrogen and oxygen atoms in total. The fourth-order valence-corrected chi connectivity index (χ4v) is 2.72. The van der Waals surface area contributed by atoms with Crippen LogP contribution in [0.25, 0.3) is 0 Å². The van der Waals surface area contributed by atoms with Gasteiger partial charge in [-0.25, -0.2) is 4.79 Å². The Morgan fingerprint density at radius 3 is 2.42 bits per heavy atom. The SMILES string of the molecule is COc1ccc([C@H](CNC(=O)OCC(F)(F)F)N2CCCC2)cc1. The molecule has 1 aromatic carbocycles. The number of carbonyl (C=O) groups is 1. The number of hydrogen-bond donors (Lipinski definition) is 1. The fourth-order valence-electron chi connectivity index (χ4n) is 2.72. The molecule has 1 aliphatic heterocycles. The van der Waals surface area contributed by atoms with Crippen LogP contribution < -0.4 is 10.1 Å². The number of likely N-dealkylation sites (tertiary alicyclic amines) is 1. The van der Waals surface area contributed by atoms with Crippen LogP contribution in [-0.4, -0.2) is 50.5 Å². The Morgan fingerprint density at radius 1 is 1.25 bits per heavy atom. The molecule has 8 heteroatoms. The van der Waals surface area contributed by atoms with Crippen molar-refractivity contribution in [3.8, 4) is 5.75 Å². The Labute approximate surface area is 138 Å². The van der Waals surface area contributed by atoms with E-state index in [1.165, 1.54) is 0 Å². The molecule has 1 fully saturated rings. The van der Waals surface area contributed by atoms with Gasteiger partial charge in [0.15, 0.2) is 6.61 Å². The summed E-state index contributed by atoms with van der Waals surface area (Å²) in [6.45, 7) is 0.366. The number of hydrogen-bond acceptors (Lipinski definition) is 4. The number of carbonyl (C=O) groups excluding carboxylic acids is 1. The second kappa shape index (κ2) is 8.23. The van der Waals surface area contributed by atoms with Crippen molar-refractivity contribution in [3.63, 3.8) is 0 Å². The van der Waals surface area contributed by atoms with Gasteiger partial charge < -0.3 is 14.8 Å². The first-order valence-corrected chi connectivity index (χ1v) is 7.74. The van der Waals surface area contributed by atoms with E-state index in [1.807, 2.05) is 24.3 Å². The number of alkyl carbamates (subject to hydrolysis) is 1. The van der Waals surface area contributed by atoms with Crippen LogP contribution in [0, 0.1) is 0 Å². The van der Waals surface area contributed by atoms with Gasteiger partial charge >= 0.3 is 12.3 Å². The van der Waals surface area contributed by atoms with Gasteiger partial charge in [-0.1, -0.05) is 12.1 Å². The van der Waals surface area contributed by atoms with Crippen molar-refractivity contribution < 1.29 is 27.4 Å². The maximum Gasteiger partial charge on any atom is 0.422 e. The van der Waals surface area contributed by atoms with Gasteiger partial charge in [0.1, 0.15) is 5.75 Å². The van der Waals surface area contributed by atoms with Crippen molar-refractivity contribution in [2.75, 3.05) is 33.4 Å². The molecule has 0 spiro atoms. The van der Waals surface area contributed by atoms with Crippen LogP contribution in [0.3, 0.4) is 0 Å². The summed E-state index contributed by atoms with van der Waals surface area (Å²) < 4.78 is 45.5. The van der Waals surface area contributed by atoms with Crippen molar-refractivity contribution in [1.82, 2.24) is 10.2 Å². The molecule has 0 radical (unpaired) electrons. The van der Waals surface area contributed by atoms with Gasteiger partial charge in [0.05, 0.1) is 13.2 Å². The number of benzene rings is 1. The molecule has 0 saturated carbocycles. The van der Waals surface area contributed by atoms with Crippen molar-refractivity contribution >= 4 is 6.09 Å². The highest BCUT2D eigenvalue weighted by Gasteiger charge is 2.30. The summed E-state index contributed by atoms with van der Waals surface area (Å²) in [5.74, 6) is 0.719. The summed E-state index contributed by atoms with van der Waals surface area (Å²) in [6, 6.07) is 7.31. The minimum absolute atomic E-state index is 0.114. The summed E-state index contributed by atoms with van der Waals surface area (Å²) in [7, 11) is 1.57. The van der Waals surface area contributed by atoms with Gasteiger partial charge in [-0.05, 0) is 43.6 Å². The average molecular weight is 346 g/mol. The Balaban J connectivity index is 1.97. The van der Waals surface area contributed by atoms with E-state index in [-0.39, 0.29) is 12.6 Å². The van der Waals surface area contributed by atoms with Crippen molar-refractivity contribution in [3.05, 3.63) is 29.8 Å². The van der Waals surface area contributed by atoms with E-state index in [0.29, 0.717) is 0 Å². The molecule has 134 valence electrons. The lowest BCUT2D eigenvalue weighted by atomic mass is 10.1. The first kappa shape index (κ1) is 18.4. The zero-order chi connectivity index (χ0) is 17.6. The minimum Gasteiger partial charge on any atom is -0.497 e. The second-order valence-electron chi connectivity index (χ2n) is 5.60. The van der Waals surface area contributed by atoms with Crippen LogP contribution >= 0.6 is 0 Å². The summed E-state index contributed by atoms with van der Waals surface area (Å²) in [5, 5.41) is 2.43. The zero-order valence-electron chi connectivity index (χ0n) is 13.4. The predicted molar refractivity (Wildman–Crippen MR) is 81.9 cm³/mol. The number of amides is 1. The molecule has 0 bridgehead atoms. The van der Waals surface area contributed by atoms with E-state index < -0.39 is 18.9 Å². The van der Waals surface area contributed by atoms with E-state index in [4.69, 9.17) is 4.74 Å². The zero-order valence-corrected chi connectivity index (χ0v) is 13.4. The topological polar surface area (TPSA) is 50.8 Å². The first-order valence-electron chi connectivity index (χ1n) is 7.74. The second-order valence-corrected chi connectivity index (χ2v) is 5.60. The van der Waals surface area contributed by atoms with Crippen LogP contribution in [0.1, 0.15) is 24.4 Å². The molecule has 0 aliphatic carbocycles. The van der Waals surface area contributed by atoms with Gasteiger partial charge in [0.25, 0.3) is 0 Å². The summed E-state index contributed by atoms with van der Waals surface area (Å²) >= 11 is 0. The summed E-state index contributed by atoms with van der Waals surface area (Å²) in [5.41, 5.74) is 0.967. The van der Waals surface area contributed by atoms with Gasteiger partial charge in [-0.3, -0.25) is 4.90 Å². The van der Waals surface area contributed by atoms with E-state index in [0.717, 1.165) is 37.2 Å². The molecule has 1 saturated heterocycles. The van der Waals surface area contributed by atoms with E-state index in [2.05, 4.69) is 15.0 Å². The third kappa shape index (κ3) is 5.59. The first-order chi connectivity index (χ1) is 11.4. The van der Waals surface area contributed by atoms with E-state index in [9.17, 15) is 18.0 Å². The van der Waals surface area contributed by atoms with E-state index in [1.54, 1.807) is 7.11 Å². The van der Waals surface area contributed by atoms with Crippen molar-refractivity contribution in [2.24, 2.45) is 0 Å². The molecule has 1 heterocycles. The van der Waals surface area contributed by atoms with Crippen LogP contribution in [0.5, 0.6) is 5.75 Å². The third-order valence-electron chi connectivity index (χ3n) is 3.89. The maximum atomic E-state index is 12.1. The lowest BCUT2D eigenvalue weighted by Gasteiger charge is -2.28. The number of halogens is 3. The van der Waals surface area contributed by atoms with Crippen molar-refractivity contribution in [2.45, 2.75) is 25.1 Å². The molecular weight excluding hydrogens is 325 g/mol. The molecule has 2 rings (SSSR count). The number of ether oxygens (including phenoxy) is 2. The molecular formula is C16H21F3N2O3. The highest BCUT2D eigenvalue weighted by molar-refractivity contribution is 5.67. The highest BCUT2D eigenvalue weighted by Crippen LogP contribution is 2.26. The molecule has 24 heavy (non-hydrogen) atoms. The van der Waals surface area contributed by atoms with Crippen LogP contribution in [0.2, 0.25) is 0 Å². The lowest BCUT2D eigenvalue weighted by Crippen LogP contribution is -2.38. The van der Waals surface area contributed by atoms with Crippen LogP contribution in [0.15, 0.2) is 24.3 Å². The molecule has 0 aromatic heterocycles. The molecule has 0 unspecified atom stereocenters. The number of nitrogens with zero attached hydrogens (tertiary/aromatic N) is 1. The van der Waals surface area contributed by atoms with Crippen molar-refractivity contribution in [1.29, 1.82) is 0 Å². The smallest absolute Gasteiger partial charge is 0.422 e. The minimum atomic E-state index is -4.53. The predicted octanol–water partition coefficient (Wildman–Crippen LogP) is 3.12. The Kier molecular flexibility index (Phi) is 6.30. The lowest BCUT2D eigenvalue weighted by molar-refractivity contribution is -0.160. The standard InChI is InChI=1S/C16H21F3N2O3/c1-23-13-6-4-12(5-7-13)14(21-8-2-3-9-21)10-20-15(22)24-11-16(17,18)19/h4-7,14H,2-3,8-11H2,1H3,(H,20,22)/t14-/m0/s1. The summed E-state index contributed by atoms with van der Waals surface area (Å²) in [6.07, 6.45) is -3.47. The average Bonchev–Trinajstić information content (AvgIpc) is 3.07. The number of methoxy groups -OCH3 is 1. The Bertz CT molecular complexity index is 528. The molecule has 1 N–H and O–H groups in total. The largest absolute Gasteiger partial charge is 0.497 e. The van der Waals surface area contributed by atoms with Crippen LogP contribution in [-0.2, 0) is 4.74 Å². The molecule has 1 aromatic rings. The normalized spacial score (nSPS) is 16.7. The molecule has 1 aliphatic rings. The highest BCUT2D eigenvalue weighted by atomic mass is 19.4. The van der Waals surface area contributed by atoms with E-state index >= 15 is 0 Å². The quantitative estimate of drug-likeness (QED) is 0.860. The van der Waals surface area contributed by atoms with Gasteiger partial charge in [0, 0.05) is 6.54 Å².